The van der Waals surface area contributed by atoms with Crippen LogP contribution in [0.1, 0.15) is 60.6 Å². The van der Waals surface area contributed by atoms with Crippen molar-refractivity contribution >= 4 is 5.97 Å². The van der Waals surface area contributed by atoms with Crippen molar-refractivity contribution in [2.24, 2.45) is 11.1 Å². The summed E-state index contributed by atoms with van der Waals surface area (Å²) in [6.07, 6.45) is 3.08. The zero-order valence-electron chi connectivity index (χ0n) is 17.0. The van der Waals surface area contributed by atoms with Crippen LogP contribution in [0.4, 0.5) is 0 Å². The molecule has 1 aliphatic rings. The van der Waals surface area contributed by atoms with Crippen LogP contribution in [-0.2, 0) is 22.5 Å². The SMILES string of the molecule is CCOC(=O)c1c(COCCN)nc2c(c1-c1ncncn1)C(O)CC(C)(C)C2. The fourth-order valence-electron chi connectivity index (χ4n) is 3.73. The highest BCUT2D eigenvalue weighted by Gasteiger charge is 2.38. The minimum Gasteiger partial charge on any atom is -0.462 e. The second kappa shape index (κ2) is 8.89. The van der Waals surface area contributed by atoms with Gasteiger partial charge in [0.25, 0.3) is 0 Å². The van der Waals surface area contributed by atoms with E-state index >= 15 is 0 Å². The Morgan fingerprint density at radius 3 is 2.72 bits per heavy atom. The van der Waals surface area contributed by atoms with E-state index in [9.17, 15) is 9.90 Å². The summed E-state index contributed by atoms with van der Waals surface area (Å²) in [6.45, 7) is 6.86. The number of ether oxygens (including phenoxy) is 2. The number of pyridine rings is 1. The van der Waals surface area contributed by atoms with Crippen LogP contribution in [0.2, 0.25) is 0 Å². The molecule has 0 bridgehead atoms. The maximum Gasteiger partial charge on any atom is 0.340 e. The molecule has 9 heteroatoms. The summed E-state index contributed by atoms with van der Waals surface area (Å²) in [7, 11) is 0. The Hall–Kier alpha value is -2.49. The number of aliphatic hydroxyl groups excluding tert-OH is 1. The minimum absolute atomic E-state index is 0.0905. The van der Waals surface area contributed by atoms with Gasteiger partial charge < -0.3 is 20.3 Å². The van der Waals surface area contributed by atoms with E-state index in [-0.39, 0.29) is 24.2 Å². The van der Waals surface area contributed by atoms with E-state index in [0.717, 1.165) is 0 Å². The molecule has 1 aliphatic carbocycles. The van der Waals surface area contributed by atoms with Crippen LogP contribution in [0.15, 0.2) is 12.7 Å². The highest BCUT2D eigenvalue weighted by Crippen LogP contribution is 2.45. The van der Waals surface area contributed by atoms with Crippen LogP contribution >= 0.6 is 0 Å². The van der Waals surface area contributed by atoms with Crippen molar-refractivity contribution < 1.29 is 19.4 Å². The second-order valence-electron chi connectivity index (χ2n) is 7.75. The topological polar surface area (TPSA) is 133 Å². The van der Waals surface area contributed by atoms with Crippen molar-refractivity contribution in [1.82, 2.24) is 19.9 Å². The first-order valence-electron chi connectivity index (χ1n) is 9.69. The lowest BCUT2D eigenvalue weighted by Crippen LogP contribution is -2.29. The number of aliphatic hydroxyl groups is 1. The van der Waals surface area contributed by atoms with Gasteiger partial charge in [0.15, 0.2) is 5.82 Å². The van der Waals surface area contributed by atoms with Crippen LogP contribution < -0.4 is 5.73 Å². The maximum absolute atomic E-state index is 12.9. The molecule has 0 saturated carbocycles. The van der Waals surface area contributed by atoms with Crippen molar-refractivity contribution in [3.05, 3.63) is 35.2 Å². The van der Waals surface area contributed by atoms with Gasteiger partial charge in [-0.1, -0.05) is 13.8 Å². The van der Waals surface area contributed by atoms with E-state index in [4.69, 9.17) is 20.2 Å². The molecule has 3 rings (SSSR count). The number of hydrogen-bond acceptors (Lipinski definition) is 9. The van der Waals surface area contributed by atoms with E-state index in [0.29, 0.717) is 54.3 Å². The quantitative estimate of drug-likeness (QED) is 0.524. The third-order valence-electron chi connectivity index (χ3n) is 4.81. The third-order valence-corrected chi connectivity index (χ3v) is 4.81. The Balaban J connectivity index is 2.28. The van der Waals surface area contributed by atoms with Crippen molar-refractivity contribution in [3.63, 3.8) is 0 Å². The van der Waals surface area contributed by atoms with Gasteiger partial charge in [-0.2, -0.15) is 0 Å². The molecule has 3 N–H and O–H groups in total. The van der Waals surface area contributed by atoms with Crippen LogP contribution in [0.3, 0.4) is 0 Å². The normalized spacial score (nSPS) is 17.6. The van der Waals surface area contributed by atoms with Gasteiger partial charge in [0.2, 0.25) is 0 Å². The maximum atomic E-state index is 12.9. The molecule has 156 valence electrons. The molecule has 2 aromatic heterocycles. The number of rotatable bonds is 7. The van der Waals surface area contributed by atoms with Crippen molar-refractivity contribution in [1.29, 1.82) is 0 Å². The molecular weight excluding hydrogens is 374 g/mol. The number of esters is 1. The van der Waals surface area contributed by atoms with Crippen LogP contribution in [0.5, 0.6) is 0 Å². The minimum atomic E-state index is -0.805. The number of carbonyl (C=O) groups excluding carboxylic acids is 1. The van der Waals surface area contributed by atoms with Crippen LogP contribution in [0.25, 0.3) is 11.4 Å². The predicted molar refractivity (Wildman–Crippen MR) is 105 cm³/mol. The Morgan fingerprint density at radius 2 is 2.07 bits per heavy atom. The Bertz CT molecular complexity index is 873. The monoisotopic (exact) mass is 401 g/mol. The van der Waals surface area contributed by atoms with E-state index in [1.165, 1.54) is 12.7 Å². The molecule has 0 fully saturated rings. The van der Waals surface area contributed by atoms with Gasteiger partial charge in [-0.25, -0.2) is 19.7 Å². The summed E-state index contributed by atoms with van der Waals surface area (Å²) in [4.78, 5) is 30.0. The largest absolute Gasteiger partial charge is 0.462 e. The molecule has 29 heavy (non-hydrogen) atoms. The van der Waals surface area contributed by atoms with Crippen LogP contribution in [0, 0.1) is 5.41 Å². The molecule has 0 radical (unpaired) electrons. The molecule has 0 saturated heterocycles. The lowest BCUT2D eigenvalue weighted by Gasteiger charge is -2.35. The number of hydrogen-bond donors (Lipinski definition) is 2. The number of carbonyl (C=O) groups is 1. The zero-order chi connectivity index (χ0) is 21.0. The van der Waals surface area contributed by atoms with Crippen molar-refractivity contribution in [2.45, 2.75) is 46.3 Å². The summed E-state index contributed by atoms with van der Waals surface area (Å²) in [5.41, 5.74) is 7.74. The summed E-state index contributed by atoms with van der Waals surface area (Å²) in [5.74, 6) is -0.262. The predicted octanol–water partition coefficient (Wildman–Crippen LogP) is 1.59. The first kappa shape index (κ1) is 21.2. The number of aromatic nitrogens is 4. The van der Waals surface area contributed by atoms with E-state index in [1.807, 2.05) is 0 Å². The molecule has 9 nitrogen and oxygen atoms in total. The average molecular weight is 401 g/mol. The molecule has 0 aliphatic heterocycles. The summed E-state index contributed by atoms with van der Waals surface area (Å²) in [5, 5.41) is 11.0. The molecule has 2 heterocycles. The number of nitrogens with two attached hydrogens (primary N) is 1. The van der Waals surface area contributed by atoms with Crippen molar-refractivity contribution in [2.75, 3.05) is 19.8 Å². The number of fused-ring (bicyclic) bond motifs is 1. The first-order chi connectivity index (χ1) is 13.9. The van der Waals surface area contributed by atoms with Crippen molar-refractivity contribution in [3.8, 4) is 11.4 Å². The van der Waals surface area contributed by atoms with Gasteiger partial charge in [0, 0.05) is 23.4 Å². The summed E-state index contributed by atoms with van der Waals surface area (Å²) < 4.78 is 10.9. The number of nitrogens with zero attached hydrogens (tertiary/aromatic N) is 4. The second-order valence-corrected chi connectivity index (χ2v) is 7.75. The molecule has 1 atom stereocenters. The van der Waals surface area contributed by atoms with Gasteiger partial charge in [-0.15, -0.1) is 0 Å². The first-order valence-corrected chi connectivity index (χ1v) is 9.69. The molecule has 0 amide bonds. The Kier molecular flexibility index (Phi) is 6.51. The standard InChI is InChI=1S/C20H27N5O4/c1-4-29-19(27)16-13(9-28-6-5-21)25-12-7-20(2,3)8-14(26)15(12)17(16)18-23-10-22-11-24-18/h10-11,14,26H,4-9,21H2,1-3H3. The van der Waals surface area contributed by atoms with Gasteiger partial charge in [-0.05, 0) is 25.2 Å². The molecule has 2 aromatic rings. The zero-order valence-corrected chi connectivity index (χ0v) is 17.0. The Morgan fingerprint density at radius 1 is 1.34 bits per heavy atom. The van der Waals surface area contributed by atoms with E-state index < -0.39 is 12.1 Å². The van der Waals surface area contributed by atoms with Gasteiger partial charge in [-0.3, -0.25) is 4.98 Å². The lowest BCUT2D eigenvalue weighted by atomic mass is 9.73. The third kappa shape index (κ3) is 4.58. The fourth-order valence-corrected chi connectivity index (χ4v) is 3.73. The smallest absolute Gasteiger partial charge is 0.340 e. The average Bonchev–Trinajstić information content (AvgIpc) is 2.67. The Labute approximate surface area is 169 Å². The van der Waals surface area contributed by atoms with E-state index in [1.54, 1.807) is 6.92 Å². The molecule has 0 spiro atoms. The molecule has 1 unspecified atom stereocenters. The van der Waals surface area contributed by atoms with Gasteiger partial charge >= 0.3 is 5.97 Å². The lowest BCUT2D eigenvalue weighted by molar-refractivity contribution is 0.0516. The van der Waals surface area contributed by atoms with Gasteiger partial charge in [0.1, 0.15) is 12.7 Å². The summed E-state index contributed by atoms with van der Waals surface area (Å²) in [6, 6.07) is 0. The fraction of sp³-hybridized carbons (Fsp3) is 0.550. The van der Waals surface area contributed by atoms with Crippen LogP contribution in [-0.4, -0.2) is 50.8 Å². The molecule has 0 aromatic carbocycles. The summed E-state index contributed by atoms with van der Waals surface area (Å²) >= 11 is 0. The highest BCUT2D eigenvalue weighted by molar-refractivity contribution is 5.98. The molecular formula is C20H27N5O4. The highest BCUT2D eigenvalue weighted by atomic mass is 16.5. The van der Waals surface area contributed by atoms with Gasteiger partial charge in [0.05, 0.1) is 37.2 Å². The van der Waals surface area contributed by atoms with E-state index in [2.05, 4.69) is 28.8 Å².